The van der Waals surface area contributed by atoms with E-state index in [-0.39, 0.29) is 37.0 Å². The summed E-state index contributed by atoms with van der Waals surface area (Å²) in [6.45, 7) is 5.13. The summed E-state index contributed by atoms with van der Waals surface area (Å²) in [7, 11) is 1.16. The molecule has 5 aromatic carbocycles. The van der Waals surface area contributed by atoms with Crippen molar-refractivity contribution in [1.29, 1.82) is 0 Å². The number of nitro groups is 1. The summed E-state index contributed by atoms with van der Waals surface area (Å²) in [5.74, 6) is 0.619. The first-order valence-electron chi connectivity index (χ1n) is 23.3. The molecule has 0 fully saturated rings. The van der Waals surface area contributed by atoms with E-state index in [1.165, 1.54) is 18.2 Å². The molecule has 0 spiro atoms. The van der Waals surface area contributed by atoms with E-state index < -0.39 is 35.4 Å². The highest BCUT2D eigenvalue weighted by Crippen LogP contribution is 2.40. The number of unbranched alkanes of at least 4 members (excludes halogenated alkanes) is 8. The molecule has 0 bridgehead atoms. The fraction of sp³-hybridized carbons (Fsp3) is 0.396. The molecule has 15 nitrogen and oxygen atoms in total. The summed E-state index contributed by atoms with van der Waals surface area (Å²) in [6.07, 6.45) is 5.18. The molecule has 0 saturated carbocycles. The first kappa shape index (κ1) is 50.7. The van der Waals surface area contributed by atoms with Crippen molar-refractivity contribution in [3.8, 4) is 11.5 Å². The van der Waals surface area contributed by atoms with Crippen LogP contribution in [0.4, 0.5) is 15.3 Å². The number of aliphatic hydroxyl groups excluding tert-OH is 2. The van der Waals surface area contributed by atoms with Crippen LogP contribution in [0, 0.1) is 10.1 Å². The van der Waals surface area contributed by atoms with E-state index in [0.29, 0.717) is 43.0 Å². The summed E-state index contributed by atoms with van der Waals surface area (Å²) < 4.78 is 33.4. The Kier molecular flexibility index (Phi) is 19.4. The maximum absolute atomic E-state index is 12.9. The van der Waals surface area contributed by atoms with E-state index >= 15 is 0 Å². The van der Waals surface area contributed by atoms with Gasteiger partial charge in [-0.2, -0.15) is 0 Å². The highest BCUT2D eigenvalue weighted by molar-refractivity contribution is 5.89. The number of carbonyl (C=O) groups is 2. The largest absolute Gasteiger partial charge is 0.513 e. The van der Waals surface area contributed by atoms with Gasteiger partial charge in [0.1, 0.15) is 54.4 Å². The van der Waals surface area contributed by atoms with Crippen LogP contribution in [-0.2, 0) is 18.9 Å². The molecule has 3 unspecified atom stereocenters. The number of hydrogen-bond donors (Lipinski definition) is 3. The van der Waals surface area contributed by atoms with Crippen LogP contribution in [0.15, 0.2) is 132 Å². The Morgan fingerprint density at radius 1 is 0.662 bits per heavy atom. The molecule has 1 aliphatic rings. The number of aliphatic hydroxyl groups is 2. The lowest BCUT2D eigenvalue weighted by Gasteiger charge is -2.30. The van der Waals surface area contributed by atoms with E-state index in [1.54, 1.807) is 19.9 Å². The van der Waals surface area contributed by atoms with Gasteiger partial charge in [-0.1, -0.05) is 130 Å². The Morgan fingerprint density at radius 2 is 1.15 bits per heavy atom. The number of allylic oxidation sites excluding steroid dienone is 2. The highest BCUT2D eigenvalue weighted by atomic mass is 16.7. The third kappa shape index (κ3) is 14.9. The maximum Gasteiger partial charge on any atom is 0.513 e. The number of rotatable bonds is 26. The average Bonchev–Trinajstić information content (AvgIpc) is 3.34. The number of benzene rings is 5. The van der Waals surface area contributed by atoms with Gasteiger partial charge in [-0.25, -0.2) is 9.59 Å². The van der Waals surface area contributed by atoms with Gasteiger partial charge < -0.3 is 44.0 Å². The minimum absolute atomic E-state index is 0.0666. The lowest BCUT2D eigenvalue weighted by Crippen LogP contribution is -2.42. The molecule has 0 amide bonds. The predicted molar refractivity (Wildman–Crippen MR) is 259 cm³/mol. The van der Waals surface area contributed by atoms with Crippen LogP contribution in [0.3, 0.4) is 0 Å². The molecule has 0 radical (unpaired) electrons. The van der Waals surface area contributed by atoms with Gasteiger partial charge in [0.15, 0.2) is 0 Å². The monoisotopic (exact) mass is 933 g/mol. The number of dihydropyridines is 1. The number of hydrogen-bond acceptors (Lipinski definition) is 14. The zero-order valence-corrected chi connectivity index (χ0v) is 39.1. The molecule has 68 heavy (non-hydrogen) atoms. The van der Waals surface area contributed by atoms with Crippen LogP contribution < -0.4 is 14.8 Å². The van der Waals surface area contributed by atoms with Crippen molar-refractivity contribution in [2.75, 3.05) is 46.6 Å². The van der Waals surface area contributed by atoms with Gasteiger partial charge in [0, 0.05) is 36.0 Å². The van der Waals surface area contributed by atoms with E-state index in [2.05, 4.69) is 15.0 Å². The van der Waals surface area contributed by atoms with Crippen LogP contribution in [0.1, 0.15) is 83.1 Å². The number of carbonyl (C=O) groups excluding carboxylic acids is 2. The molecule has 1 aliphatic heterocycles. The van der Waals surface area contributed by atoms with E-state index in [0.717, 1.165) is 91.5 Å². The van der Waals surface area contributed by atoms with E-state index in [1.807, 2.05) is 84.9 Å². The molecule has 6 rings (SSSR count). The average molecular weight is 934 g/mol. The van der Waals surface area contributed by atoms with Crippen LogP contribution in [0.5, 0.6) is 11.5 Å². The van der Waals surface area contributed by atoms with Crippen molar-refractivity contribution in [3.63, 3.8) is 0 Å². The number of nitrogens with one attached hydrogen (secondary N) is 1. The number of ether oxygens (including phenoxy) is 6. The lowest BCUT2D eigenvalue weighted by molar-refractivity contribution is -0.384. The van der Waals surface area contributed by atoms with Crippen LogP contribution in [-0.4, -0.2) is 91.1 Å². The Labute approximate surface area is 397 Å². The van der Waals surface area contributed by atoms with Gasteiger partial charge in [-0.3, -0.25) is 15.0 Å². The lowest BCUT2D eigenvalue weighted by atomic mass is 9.90. The third-order valence-corrected chi connectivity index (χ3v) is 11.7. The normalized spacial score (nSPS) is 14.6. The molecular weight excluding hydrogens is 871 g/mol. The molecule has 0 aromatic heterocycles. The first-order chi connectivity index (χ1) is 33.0. The van der Waals surface area contributed by atoms with Crippen molar-refractivity contribution in [2.24, 2.45) is 0 Å². The molecule has 5 aromatic rings. The Morgan fingerprint density at radius 3 is 1.69 bits per heavy atom. The molecule has 0 aliphatic carbocycles. The summed E-state index contributed by atoms with van der Waals surface area (Å²) in [5.41, 5.74) is 1.07. The van der Waals surface area contributed by atoms with Gasteiger partial charge >= 0.3 is 12.3 Å². The second-order valence-corrected chi connectivity index (χ2v) is 17.0. The molecule has 1 heterocycles. The molecule has 0 saturated heterocycles. The summed E-state index contributed by atoms with van der Waals surface area (Å²) in [6, 6.07) is 33.6. The molecule has 3 atom stereocenters. The summed E-state index contributed by atoms with van der Waals surface area (Å²) in [4.78, 5) is 38.2. The zero-order chi connectivity index (χ0) is 48.3. The third-order valence-electron chi connectivity index (χ3n) is 11.7. The number of fused-ring (bicyclic) bond motifs is 2. The number of non-ortho nitro benzene ring substituents is 1. The van der Waals surface area contributed by atoms with Gasteiger partial charge in [0.25, 0.3) is 5.69 Å². The van der Waals surface area contributed by atoms with E-state index in [4.69, 9.17) is 23.7 Å². The summed E-state index contributed by atoms with van der Waals surface area (Å²) in [5, 5.41) is 41.0. The number of nitrogens with zero attached hydrogens (tertiary/aromatic N) is 2. The van der Waals surface area contributed by atoms with Gasteiger partial charge in [-0.15, -0.1) is 0 Å². The zero-order valence-electron chi connectivity index (χ0n) is 39.1. The molecule has 15 heteroatoms. The fourth-order valence-electron chi connectivity index (χ4n) is 8.40. The predicted octanol–water partition coefficient (Wildman–Crippen LogP) is 10.7. The Hall–Kier alpha value is -6.68. The Bertz CT molecular complexity index is 2420. The second kappa shape index (κ2) is 26.0. The summed E-state index contributed by atoms with van der Waals surface area (Å²) >= 11 is 0. The van der Waals surface area contributed by atoms with Crippen LogP contribution in [0.25, 0.3) is 21.5 Å². The van der Waals surface area contributed by atoms with Crippen molar-refractivity contribution in [3.05, 3.63) is 148 Å². The number of methoxy groups -OCH3 is 1. The molecule has 3 N–H and O–H groups in total. The van der Waals surface area contributed by atoms with Crippen LogP contribution in [0.2, 0.25) is 0 Å². The second-order valence-electron chi connectivity index (χ2n) is 17.0. The van der Waals surface area contributed by atoms with Gasteiger partial charge in [0.2, 0.25) is 0 Å². The van der Waals surface area contributed by atoms with E-state index in [9.17, 15) is 29.9 Å². The van der Waals surface area contributed by atoms with Crippen molar-refractivity contribution in [2.45, 2.75) is 89.8 Å². The van der Waals surface area contributed by atoms with Crippen molar-refractivity contribution >= 4 is 39.5 Å². The Balaban J connectivity index is 0.900. The van der Waals surface area contributed by atoms with Crippen LogP contribution >= 0.6 is 0 Å². The smallest absolute Gasteiger partial charge is 0.490 e. The van der Waals surface area contributed by atoms with Crippen molar-refractivity contribution < 1.29 is 53.1 Å². The quantitative estimate of drug-likeness (QED) is 0.0206. The fourth-order valence-corrected chi connectivity index (χ4v) is 8.40. The minimum atomic E-state index is -0.999. The number of nitro benzene ring substituents is 1. The van der Waals surface area contributed by atoms with Gasteiger partial charge in [0.05, 0.1) is 30.0 Å². The van der Waals surface area contributed by atoms with Gasteiger partial charge in [-0.05, 0) is 61.7 Å². The molecular formula is C53H63N3O12. The highest BCUT2D eigenvalue weighted by Gasteiger charge is 2.36. The minimum Gasteiger partial charge on any atom is -0.490 e. The standard InChI is InChI=1S/C53H63N3O12/c1-37-50(67-52(59)63-3)49(41-24-17-25-42(32-41)56(61)62)51(38(2)54-37)68-53(60)64-31-16-10-8-6-4-5-7-9-15-30-55(33-43(57)35-65-47-28-18-22-39-20-11-13-26-45(39)47)34-44(58)36-66-48-29-19-23-40-21-12-14-27-46(40)48/h11-14,17-29,32,43-44,49,54,57-58H,4-10,15-16,30-31,33-36H2,1-3H3. The first-order valence-corrected chi connectivity index (χ1v) is 23.3. The maximum atomic E-state index is 12.9. The SMILES string of the molecule is COC(=O)OC1=C(C)NC(C)=C(OC(=O)OCCCCCCCCCCCN(CC(O)COc2cccc3ccccc23)CC(O)COc2cccc3ccccc23)C1c1cccc([N+](=O)[O-])c1. The topological polar surface area (TPSA) is 188 Å². The van der Waals surface area contributed by atoms with Crippen molar-refractivity contribution in [1.82, 2.24) is 10.2 Å². The molecule has 362 valence electrons.